The van der Waals surface area contributed by atoms with Crippen molar-refractivity contribution in [1.82, 2.24) is 9.78 Å². The van der Waals surface area contributed by atoms with E-state index in [9.17, 15) is 0 Å². The molecule has 0 atom stereocenters. The van der Waals surface area contributed by atoms with Gasteiger partial charge in [-0.3, -0.25) is 4.68 Å². The third-order valence-corrected chi connectivity index (χ3v) is 2.58. The molecule has 1 aromatic heterocycles. The van der Waals surface area contributed by atoms with Crippen molar-refractivity contribution in [3.8, 4) is 0 Å². The Morgan fingerprint density at radius 3 is 2.77 bits per heavy atom. The maximum absolute atomic E-state index is 4.53. The standard InChI is InChI=1S/C11H18N2/c1-8(2)6-10-7-11(9-4-5-9)13(3)12-10/h7-9H,4-6H2,1-3H3. The molecule has 0 saturated heterocycles. The Bertz CT molecular complexity index is 295. The number of hydrogen-bond acceptors (Lipinski definition) is 1. The van der Waals surface area contributed by atoms with Crippen LogP contribution in [0.5, 0.6) is 0 Å². The van der Waals surface area contributed by atoms with Crippen molar-refractivity contribution < 1.29 is 0 Å². The molecule has 72 valence electrons. The second kappa shape index (κ2) is 3.17. The zero-order chi connectivity index (χ0) is 9.42. The molecule has 1 fully saturated rings. The van der Waals surface area contributed by atoms with Crippen LogP contribution < -0.4 is 0 Å². The summed E-state index contributed by atoms with van der Waals surface area (Å²) in [5, 5.41) is 4.53. The quantitative estimate of drug-likeness (QED) is 0.695. The molecule has 0 radical (unpaired) electrons. The van der Waals surface area contributed by atoms with Crippen LogP contribution in [0.4, 0.5) is 0 Å². The van der Waals surface area contributed by atoms with Crippen LogP contribution in [0.1, 0.15) is 44.0 Å². The second-order valence-electron chi connectivity index (χ2n) is 4.56. The fourth-order valence-corrected chi connectivity index (χ4v) is 1.82. The Hall–Kier alpha value is -0.790. The molecule has 0 aliphatic heterocycles. The topological polar surface area (TPSA) is 17.8 Å². The zero-order valence-corrected chi connectivity index (χ0v) is 8.75. The van der Waals surface area contributed by atoms with Crippen LogP contribution in [0.3, 0.4) is 0 Å². The number of rotatable bonds is 3. The van der Waals surface area contributed by atoms with Gasteiger partial charge in [-0.05, 0) is 31.2 Å². The van der Waals surface area contributed by atoms with E-state index in [1.54, 1.807) is 0 Å². The van der Waals surface area contributed by atoms with Crippen molar-refractivity contribution in [2.24, 2.45) is 13.0 Å². The molecule has 0 spiro atoms. The summed E-state index contributed by atoms with van der Waals surface area (Å²) in [5.74, 6) is 1.53. The van der Waals surface area contributed by atoms with Crippen molar-refractivity contribution >= 4 is 0 Å². The van der Waals surface area contributed by atoms with Crippen molar-refractivity contribution in [2.45, 2.75) is 39.0 Å². The predicted octanol–water partition coefficient (Wildman–Crippen LogP) is 2.50. The second-order valence-corrected chi connectivity index (χ2v) is 4.56. The summed E-state index contributed by atoms with van der Waals surface area (Å²) in [6, 6.07) is 2.29. The molecule has 2 heteroatoms. The van der Waals surface area contributed by atoms with Gasteiger partial charge in [0.15, 0.2) is 0 Å². The maximum Gasteiger partial charge on any atom is 0.0630 e. The lowest BCUT2D eigenvalue weighted by molar-refractivity contribution is 0.617. The van der Waals surface area contributed by atoms with E-state index < -0.39 is 0 Å². The summed E-state index contributed by atoms with van der Waals surface area (Å²) in [4.78, 5) is 0. The third kappa shape index (κ3) is 1.93. The summed E-state index contributed by atoms with van der Waals surface area (Å²) in [7, 11) is 2.07. The lowest BCUT2D eigenvalue weighted by atomic mass is 10.1. The Morgan fingerprint density at radius 2 is 2.23 bits per heavy atom. The van der Waals surface area contributed by atoms with E-state index >= 15 is 0 Å². The van der Waals surface area contributed by atoms with Gasteiger partial charge < -0.3 is 0 Å². The fourth-order valence-electron chi connectivity index (χ4n) is 1.82. The first-order valence-corrected chi connectivity index (χ1v) is 5.19. The normalized spacial score (nSPS) is 16.9. The van der Waals surface area contributed by atoms with Crippen LogP contribution in [0.15, 0.2) is 6.07 Å². The highest BCUT2D eigenvalue weighted by Crippen LogP contribution is 2.40. The maximum atomic E-state index is 4.53. The van der Waals surface area contributed by atoms with E-state index in [0.29, 0.717) is 5.92 Å². The molecule has 0 aromatic carbocycles. The van der Waals surface area contributed by atoms with Gasteiger partial charge in [-0.1, -0.05) is 13.8 Å². The van der Waals surface area contributed by atoms with Gasteiger partial charge >= 0.3 is 0 Å². The van der Waals surface area contributed by atoms with Crippen LogP contribution >= 0.6 is 0 Å². The minimum Gasteiger partial charge on any atom is -0.272 e. The number of hydrogen-bond donors (Lipinski definition) is 0. The lowest BCUT2D eigenvalue weighted by Crippen LogP contribution is -1.98. The van der Waals surface area contributed by atoms with Crippen LogP contribution in [0.25, 0.3) is 0 Å². The predicted molar refractivity (Wildman–Crippen MR) is 53.7 cm³/mol. The molecule has 1 aliphatic carbocycles. The fraction of sp³-hybridized carbons (Fsp3) is 0.727. The van der Waals surface area contributed by atoms with Crippen LogP contribution in [-0.4, -0.2) is 9.78 Å². The molecule has 2 nitrogen and oxygen atoms in total. The number of aromatic nitrogens is 2. The SMILES string of the molecule is CC(C)Cc1cc(C2CC2)n(C)n1. The van der Waals surface area contributed by atoms with Crippen LogP contribution in [-0.2, 0) is 13.5 Å². The van der Waals surface area contributed by atoms with Crippen molar-refractivity contribution in [3.63, 3.8) is 0 Å². The average molecular weight is 178 g/mol. The van der Waals surface area contributed by atoms with E-state index in [1.807, 2.05) is 0 Å². The van der Waals surface area contributed by atoms with Gasteiger partial charge in [0.25, 0.3) is 0 Å². The van der Waals surface area contributed by atoms with Gasteiger partial charge in [0.2, 0.25) is 0 Å². The average Bonchev–Trinajstić information content (AvgIpc) is 2.77. The zero-order valence-electron chi connectivity index (χ0n) is 8.75. The third-order valence-electron chi connectivity index (χ3n) is 2.58. The van der Waals surface area contributed by atoms with Crippen LogP contribution in [0, 0.1) is 5.92 Å². The molecule has 0 amide bonds. The minimum atomic E-state index is 0.710. The minimum absolute atomic E-state index is 0.710. The molecule has 13 heavy (non-hydrogen) atoms. The molecule has 1 saturated carbocycles. The molecule has 0 bridgehead atoms. The highest BCUT2D eigenvalue weighted by Gasteiger charge is 2.27. The molecule has 2 rings (SSSR count). The number of nitrogens with zero attached hydrogens (tertiary/aromatic N) is 2. The van der Waals surface area contributed by atoms with Crippen LogP contribution in [0.2, 0.25) is 0 Å². The summed E-state index contributed by atoms with van der Waals surface area (Å²) in [6.45, 7) is 4.48. The van der Waals surface area contributed by atoms with E-state index in [4.69, 9.17) is 0 Å². The molecule has 1 aliphatic rings. The van der Waals surface area contributed by atoms with Gasteiger partial charge in [-0.25, -0.2) is 0 Å². The molecule has 0 N–H and O–H groups in total. The van der Waals surface area contributed by atoms with Crippen molar-refractivity contribution in [2.75, 3.05) is 0 Å². The lowest BCUT2D eigenvalue weighted by Gasteiger charge is -1.98. The van der Waals surface area contributed by atoms with E-state index in [-0.39, 0.29) is 0 Å². The monoisotopic (exact) mass is 178 g/mol. The molecule has 0 unspecified atom stereocenters. The molecular weight excluding hydrogens is 160 g/mol. The Morgan fingerprint density at radius 1 is 1.54 bits per heavy atom. The highest BCUT2D eigenvalue weighted by molar-refractivity contribution is 5.19. The van der Waals surface area contributed by atoms with Gasteiger partial charge in [-0.15, -0.1) is 0 Å². The van der Waals surface area contributed by atoms with Crippen molar-refractivity contribution in [1.29, 1.82) is 0 Å². The highest BCUT2D eigenvalue weighted by atomic mass is 15.3. The van der Waals surface area contributed by atoms with E-state index in [2.05, 4.69) is 36.7 Å². The first-order chi connectivity index (χ1) is 6.16. The van der Waals surface area contributed by atoms with E-state index in [0.717, 1.165) is 12.3 Å². The van der Waals surface area contributed by atoms with Gasteiger partial charge in [0, 0.05) is 18.7 Å². The first-order valence-electron chi connectivity index (χ1n) is 5.19. The summed E-state index contributed by atoms with van der Waals surface area (Å²) >= 11 is 0. The van der Waals surface area contributed by atoms with Crippen molar-refractivity contribution in [3.05, 3.63) is 17.5 Å². The summed E-state index contributed by atoms with van der Waals surface area (Å²) in [5.41, 5.74) is 2.70. The Balaban J connectivity index is 2.14. The Kier molecular flexibility index (Phi) is 2.14. The van der Waals surface area contributed by atoms with Gasteiger partial charge in [0.1, 0.15) is 0 Å². The molecular formula is C11H18N2. The number of aryl methyl sites for hydroxylation is 1. The van der Waals surface area contributed by atoms with Gasteiger partial charge in [0.05, 0.1) is 5.69 Å². The molecule has 1 aromatic rings. The molecule has 1 heterocycles. The van der Waals surface area contributed by atoms with Gasteiger partial charge in [-0.2, -0.15) is 5.10 Å². The summed E-state index contributed by atoms with van der Waals surface area (Å²) < 4.78 is 2.06. The first kappa shape index (κ1) is 8.79. The smallest absolute Gasteiger partial charge is 0.0630 e. The largest absolute Gasteiger partial charge is 0.272 e. The Labute approximate surface area is 80.0 Å². The summed E-state index contributed by atoms with van der Waals surface area (Å²) in [6.07, 6.45) is 3.84. The van der Waals surface area contributed by atoms with E-state index in [1.165, 1.54) is 24.2 Å².